The summed E-state index contributed by atoms with van der Waals surface area (Å²) in [5, 5.41) is 10.2. The second kappa shape index (κ2) is 12.0. The zero-order valence-electron chi connectivity index (χ0n) is 10.6. The van der Waals surface area contributed by atoms with Crippen LogP contribution in [0.1, 0.15) is 78.1 Å². The highest BCUT2D eigenvalue weighted by molar-refractivity contribution is 4.59. The predicted octanol–water partition coefficient (Wildman–Crippen LogP) is 4.38. The number of hydroxylamine groups is 1. The quantitative estimate of drug-likeness (QED) is 0.409. The predicted molar refractivity (Wildman–Crippen MR) is 67.8 cm³/mol. The highest BCUT2D eigenvalue weighted by Gasteiger charge is 1.95. The summed E-state index contributed by atoms with van der Waals surface area (Å²) >= 11 is 0. The van der Waals surface area contributed by atoms with Gasteiger partial charge in [0.05, 0.1) is 0 Å². The number of unbranched alkanes of at least 4 members (excludes halogenated alkanes) is 8. The van der Waals surface area contributed by atoms with Crippen LogP contribution in [0.4, 0.5) is 0 Å². The average molecular weight is 214 g/mol. The maximum atomic E-state index is 10.2. The molecule has 0 fully saturated rings. The van der Waals surface area contributed by atoms with Crippen LogP contribution in [0, 0.1) is 5.21 Å². The minimum Gasteiger partial charge on any atom is -0.788 e. The Hall–Kier alpha value is -0.0800. The first-order valence-electron chi connectivity index (χ1n) is 6.69. The van der Waals surface area contributed by atoms with Crippen molar-refractivity contribution in [2.45, 2.75) is 84.1 Å². The van der Waals surface area contributed by atoms with Crippen LogP contribution in [0.5, 0.6) is 0 Å². The molecule has 92 valence electrons. The van der Waals surface area contributed by atoms with Crippen molar-refractivity contribution >= 4 is 0 Å². The van der Waals surface area contributed by atoms with Gasteiger partial charge >= 0.3 is 0 Å². The normalized spacial score (nSPS) is 13.0. The van der Waals surface area contributed by atoms with Gasteiger partial charge in [0.25, 0.3) is 0 Å². The van der Waals surface area contributed by atoms with E-state index in [1.807, 2.05) is 12.4 Å². The first-order chi connectivity index (χ1) is 7.31. The molecule has 0 aliphatic carbocycles. The third kappa shape index (κ3) is 11.8. The maximum absolute atomic E-state index is 10.2. The molecule has 0 heterocycles. The summed E-state index contributed by atoms with van der Waals surface area (Å²) in [6.07, 6.45) is 13.2. The molecule has 0 aliphatic rings. The van der Waals surface area contributed by atoms with Crippen molar-refractivity contribution in [2.24, 2.45) is 0 Å². The summed E-state index contributed by atoms with van der Waals surface area (Å²) in [4.78, 5) is 0. The van der Waals surface area contributed by atoms with Crippen molar-refractivity contribution in [3.05, 3.63) is 5.21 Å². The lowest BCUT2D eigenvalue weighted by molar-refractivity contribution is 0.513. The van der Waals surface area contributed by atoms with Gasteiger partial charge in [0, 0.05) is 0 Å². The molecule has 1 unspecified atom stereocenters. The van der Waals surface area contributed by atoms with E-state index in [2.05, 4.69) is 6.92 Å². The SMILES string of the molecule is CCCCCCCCCCCC(C)N[O-]. The Morgan fingerprint density at radius 3 is 1.80 bits per heavy atom. The Morgan fingerprint density at radius 1 is 0.867 bits per heavy atom. The molecule has 0 radical (unpaired) electrons. The van der Waals surface area contributed by atoms with Gasteiger partial charge in [-0.2, -0.15) is 0 Å². The van der Waals surface area contributed by atoms with E-state index in [1.54, 1.807) is 0 Å². The summed E-state index contributed by atoms with van der Waals surface area (Å²) in [6.45, 7) is 4.21. The Morgan fingerprint density at radius 2 is 1.33 bits per heavy atom. The van der Waals surface area contributed by atoms with Crippen LogP contribution in [-0.2, 0) is 0 Å². The Balaban J connectivity index is 2.92. The second-order valence-electron chi connectivity index (χ2n) is 4.64. The van der Waals surface area contributed by atoms with Crippen LogP contribution in [0.3, 0.4) is 0 Å². The molecule has 0 saturated heterocycles. The van der Waals surface area contributed by atoms with Gasteiger partial charge in [0.15, 0.2) is 0 Å². The zero-order chi connectivity index (χ0) is 11.4. The van der Waals surface area contributed by atoms with Crippen molar-refractivity contribution in [1.82, 2.24) is 5.48 Å². The van der Waals surface area contributed by atoms with E-state index in [0.717, 1.165) is 6.42 Å². The molecule has 0 amide bonds. The Bertz CT molecular complexity index is 117. The van der Waals surface area contributed by atoms with E-state index < -0.39 is 0 Å². The topological polar surface area (TPSA) is 35.1 Å². The van der Waals surface area contributed by atoms with E-state index in [4.69, 9.17) is 0 Å². The van der Waals surface area contributed by atoms with Crippen molar-refractivity contribution in [2.75, 3.05) is 0 Å². The van der Waals surface area contributed by atoms with Crippen LogP contribution in [0.15, 0.2) is 0 Å². The van der Waals surface area contributed by atoms with Crippen LogP contribution < -0.4 is 5.48 Å². The molecule has 2 nitrogen and oxygen atoms in total. The average Bonchev–Trinajstić information content (AvgIpc) is 2.26. The van der Waals surface area contributed by atoms with Crippen molar-refractivity contribution in [1.29, 1.82) is 0 Å². The smallest absolute Gasteiger partial charge is 0.00799 e. The zero-order valence-corrected chi connectivity index (χ0v) is 10.6. The van der Waals surface area contributed by atoms with Crippen molar-refractivity contribution < 1.29 is 0 Å². The van der Waals surface area contributed by atoms with E-state index in [1.165, 1.54) is 57.8 Å². The molecule has 0 spiro atoms. The second-order valence-corrected chi connectivity index (χ2v) is 4.64. The largest absolute Gasteiger partial charge is 0.788 e. The fraction of sp³-hybridized carbons (Fsp3) is 1.00. The van der Waals surface area contributed by atoms with Crippen LogP contribution >= 0.6 is 0 Å². The number of hydrogen-bond acceptors (Lipinski definition) is 2. The van der Waals surface area contributed by atoms with Crippen LogP contribution in [0.25, 0.3) is 0 Å². The Kier molecular flexibility index (Phi) is 11.9. The first-order valence-corrected chi connectivity index (χ1v) is 6.69. The third-order valence-corrected chi connectivity index (χ3v) is 2.94. The number of hydrogen-bond donors (Lipinski definition) is 1. The molecule has 1 atom stereocenters. The van der Waals surface area contributed by atoms with E-state index in [0.29, 0.717) is 0 Å². The minimum atomic E-state index is 0.148. The molecular weight excluding hydrogens is 186 g/mol. The molecule has 0 aliphatic heterocycles. The van der Waals surface area contributed by atoms with Gasteiger partial charge in [0.1, 0.15) is 0 Å². The molecule has 2 heteroatoms. The lowest BCUT2D eigenvalue weighted by atomic mass is 10.1. The van der Waals surface area contributed by atoms with Gasteiger partial charge in [-0.25, -0.2) is 0 Å². The lowest BCUT2D eigenvalue weighted by Gasteiger charge is -2.16. The molecule has 0 aromatic rings. The fourth-order valence-corrected chi connectivity index (χ4v) is 1.82. The van der Waals surface area contributed by atoms with E-state index in [-0.39, 0.29) is 6.04 Å². The van der Waals surface area contributed by atoms with Gasteiger partial charge in [-0.1, -0.05) is 71.6 Å². The number of rotatable bonds is 11. The summed E-state index contributed by atoms with van der Waals surface area (Å²) in [5.41, 5.74) is 2.04. The van der Waals surface area contributed by atoms with Crippen LogP contribution in [0.2, 0.25) is 0 Å². The molecule has 15 heavy (non-hydrogen) atoms. The third-order valence-electron chi connectivity index (χ3n) is 2.94. The molecule has 0 saturated carbocycles. The minimum absolute atomic E-state index is 0.148. The van der Waals surface area contributed by atoms with Gasteiger partial charge in [-0.3, -0.25) is 0 Å². The van der Waals surface area contributed by atoms with E-state index >= 15 is 0 Å². The van der Waals surface area contributed by atoms with Gasteiger partial charge < -0.3 is 10.7 Å². The first kappa shape index (κ1) is 14.9. The standard InChI is InChI=1S/C13H28NO/c1-3-4-5-6-7-8-9-10-11-12-13(2)14-15/h13-14H,3-12H2,1-2H3/q-1. The summed E-state index contributed by atoms with van der Waals surface area (Å²) in [6, 6.07) is 0.148. The highest BCUT2D eigenvalue weighted by atomic mass is 16.5. The summed E-state index contributed by atoms with van der Waals surface area (Å²) < 4.78 is 0. The van der Waals surface area contributed by atoms with Gasteiger partial charge in [-0.15, -0.1) is 0 Å². The fourth-order valence-electron chi connectivity index (χ4n) is 1.82. The van der Waals surface area contributed by atoms with Crippen LogP contribution in [-0.4, -0.2) is 6.04 Å². The van der Waals surface area contributed by atoms with Gasteiger partial charge in [-0.05, 0) is 12.5 Å². The van der Waals surface area contributed by atoms with Crippen molar-refractivity contribution in [3.63, 3.8) is 0 Å². The maximum Gasteiger partial charge on any atom is -0.00799 e. The lowest BCUT2D eigenvalue weighted by Crippen LogP contribution is -2.18. The molecule has 1 N–H and O–H groups in total. The monoisotopic (exact) mass is 214 g/mol. The molecule has 0 aromatic heterocycles. The molecule has 0 aromatic carbocycles. The molecule has 0 rings (SSSR count). The van der Waals surface area contributed by atoms with Crippen molar-refractivity contribution in [3.8, 4) is 0 Å². The summed E-state index contributed by atoms with van der Waals surface area (Å²) in [7, 11) is 0. The van der Waals surface area contributed by atoms with Gasteiger partial charge in [0.2, 0.25) is 0 Å². The molecular formula is C13H28NO-. The Labute approximate surface area is 95.4 Å². The molecule has 0 bridgehead atoms. The number of nitrogens with one attached hydrogen (secondary N) is 1. The van der Waals surface area contributed by atoms with E-state index in [9.17, 15) is 5.21 Å². The highest BCUT2D eigenvalue weighted by Crippen LogP contribution is 2.11. The summed E-state index contributed by atoms with van der Waals surface area (Å²) in [5.74, 6) is 0.